The number of phenols is 1. The van der Waals surface area contributed by atoms with Gasteiger partial charge in [-0.2, -0.15) is 13.2 Å². The number of rotatable bonds is 3. The number of aryl methyl sites for hydroxylation is 1. The molecule has 0 aromatic heterocycles. The van der Waals surface area contributed by atoms with Crippen LogP contribution in [0.25, 0.3) is 0 Å². The maximum Gasteiger partial charge on any atom is 0.491 e. The van der Waals surface area contributed by atoms with Gasteiger partial charge in [0.15, 0.2) is 11.5 Å². The molecule has 2 aromatic rings. The average Bonchev–Trinajstić information content (AvgIpc) is 2.61. The second-order valence-corrected chi connectivity index (χ2v) is 7.45. The third kappa shape index (κ3) is 4.21. The zero-order chi connectivity index (χ0) is 20.6. The maximum absolute atomic E-state index is 12.7. The number of alkyl halides is 3. The molecule has 0 radical (unpaired) electrons. The quantitative estimate of drug-likeness (QED) is 0.540. The van der Waals surface area contributed by atoms with E-state index in [-0.39, 0.29) is 0 Å². The highest BCUT2D eigenvalue weighted by Crippen LogP contribution is 2.44. The van der Waals surface area contributed by atoms with Crippen LogP contribution in [0.5, 0.6) is 11.5 Å². The summed E-state index contributed by atoms with van der Waals surface area (Å²) >= 11 is 12.0. The standard InChI is InChI=1S/C19H16Cl2F3NO3/c20-12-4-1-9(8-13(12)21)7-11-14(25)5-2-10-3-6-15(26)17(16(10)11)28-18(27)19(22,23)24/h1,3-4,6,8,11,14,26H,2,5,7,25H2. The van der Waals surface area contributed by atoms with Gasteiger partial charge in [-0.25, -0.2) is 4.79 Å². The molecule has 0 saturated heterocycles. The van der Waals surface area contributed by atoms with Crippen molar-refractivity contribution in [3.8, 4) is 11.5 Å². The zero-order valence-electron chi connectivity index (χ0n) is 14.4. The molecule has 28 heavy (non-hydrogen) atoms. The summed E-state index contributed by atoms with van der Waals surface area (Å²) in [5.74, 6) is -3.93. The minimum absolute atomic E-state index is 0.308. The Labute approximate surface area is 169 Å². The lowest BCUT2D eigenvalue weighted by Crippen LogP contribution is -2.35. The highest BCUT2D eigenvalue weighted by atomic mass is 35.5. The minimum atomic E-state index is -5.19. The van der Waals surface area contributed by atoms with Crippen molar-refractivity contribution >= 4 is 29.2 Å². The summed E-state index contributed by atoms with van der Waals surface area (Å²) in [7, 11) is 0. The average molecular weight is 434 g/mol. The number of ether oxygens (including phenoxy) is 1. The first-order valence-corrected chi connectivity index (χ1v) is 9.16. The third-order valence-corrected chi connectivity index (χ3v) is 5.51. The summed E-state index contributed by atoms with van der Waals surface area (Å²) in [5.41, 5.74) is 7.99. The van der Waals surface area contributed by atoms with Crippen molar-refractivity contribution < 1.29 is 27.8 Å². The van der Waals surface area contributed by atoms with Crippen LogP contribution < -0.4 is 10.5 Å². The number of carbonyl (C=O) groups is 1. The molecular formula is C19H16Cl2F3NO3. The van der Waals surface area contributed by atoms with E-state index in [1.807, 2.05) is 0 Å². The van der Waals surface area contributed by atoms with E-state index in [9.17, 15) is 23.1 Å². The van der Waals surface area contributed by atoms with Crippen LogP contribution in [0.3, 0.4) is 0 Å². The predicted molar refractivity (Wildman–Crippen MR) is 99.0 cm³/mol. The van der Waals surface area contributed by atoms with E-state index in [0.29, 0.717) is 40.4 Å². The Bertz CT molecular complexity index is 918. The van der Waals surface area contributed by atoms with Gasteiger partial charge in [-0.15, -0.1) is 0 Å². The fourth-order valence-electron chi connectivity index (χ4n) is 3.42. The van der Waals surface area contributed by atoms with Crippen LogP contribution in [0, 0.1) is 0 Å². The van der Waals surface area contributed by atoms with Crippen molar-refractivity contribution in [1.29, 1.82) is 0 Å². The van der Waals surface area contributed by atoms with Gasteiger partial charge >= 0.3 is 12.1 Å². The lowest BCUT2D eigenvalue weighted by atomic mass is 9.76. The van der Waals surface area contributed by atoms with Crippen LogP contribution in [0.4, 0.5) is 13.2 Å². The molecule has 0 amide bonds. The first-order chi connectivity index (χ1) is 13.1. The van der Waals surface area contributed by atoms with E-state index in [4.69, 9.17) is 28.9 Å². The van der Waals surface area contributed by atoms with Gasteiger partial charge in [-0.05, 0) is 48.6 Å². The van der Waals surface area contributed by atoms with E-state index in [2.05, 4.69) is 4.74 Å². The van der Waals surface area contributed by atoms with Gasteiger partial charge in [0.2, 0.25) is 0 Å². The molecule has 150 valence electrons. The highest BCUT2D eigenvalue weighted by molar-refractivity contribution is 6.42. The van der Waals surface area contributed by atoms with Gasteiger partial charge in [0.1, 0.15) is 0 Å². The first kappa shape index (κ1) is 20.8. The number of nitrogens with two attached hydrogens (primary N) is 1. The van der Waals surface area contributed by atoms with Crippen LogP contribution >= 0.6 is 23.2 Å². The SMILES string of the molecule is NC1CCc2ccc(O)c(OC(=O)C(F)(F)F)c2C1Cc1ccc(Cl)c(Cl)c1. The van der Waals surface area contributed by atoms with E-state index in [0.717, 1.165) is 5.56 Å². The summed E-state index contributed by atoms with van der Waals surface area (Å²) in [6.45, 7) is 0. The Morgan fingerprint density at radius 3 is 2.57 bits per heavy atom. The Morgan fingerprint density at radius 1 is 1.21 bits per heavy atom. The van der Waals surface area contributed by atoms with Crippen LogP contribution in [-0.4, -0.2) is 23.3 Å². The summed E-state index contributed by atoms with van der Waals surface area (Å²) in [4.78, 5) is 11.4. The smallest absolute Gasteiger partial charge is 0.491 e. The highest BCUT2D eigenvalue weighted by Gasteiger charge is 2.43. The number of carbonyl (C=O) groups excluding carboxylic acids is 1. The molecule has 1 aliphatic rings. The van der Waals surface area contributed by atoms with E-state index >= 15 is 0 Å². The molecule has 2 aromatic carbocycles. The van der Waals surface area contributed by atoms with E-state index in [1.54, 1.807) is 24.3 Å². The lowest BCUT2D eigenvalue weighted by Gasteiger charge is -2.33. The van der Waals surface area contributed by atoms with Crippen LogP contribution in [-0.2, 0) is 17.6 Å². The molecule has 0 aliphatic heterocycles. The zero-order valence-corrected chi connectivity index (χ0v) is 15.9. The number of aromatic hydroxyl groups is 1. The Hall–Kier alpha value is -1.96. The molecule has 3 rings (SSSR count). The van der Waals surface area contributed by atoms with Crippen LogP contribution in [0.15, 0.2) is 30.3 Å². The first-order valence-electron chi connectivity index (χ1n) is 8.41. The Balaban J connectivity index is 2.04. The minimum Gasteiger partial charge on any atom is -0.504 e. The summed E-state index contributed by atoms with van der Waals surface area (Å²) in [6.07, 6.45) is -3.78. The van der Waals surface area contributed by atoms with Crippen molar-refractivity contribution in [1.82, 2.24) is 0 Å². The van der Waals surface area contributed by atoms with Gasteiger partial charge in [-0.1, -0.05) is 35.3 Å². The molecule has 0 spiro atoms. The Morgan fingerprint density at radius 2 is 1.93 bits per heavy atom. The number of hydrogen-bond donors (Lipinski definition) is 2. The van der Waals surface area contributed by atoms with Crippen molar-refractivity contribution in [2.45, 2.75) is 37.4 Å². The molecule has 0 saturated carbocycles. The molecule has 2 unspecified atom stereocenters. The second-order valence-electron chi connectivity index (χ2n) is 6.64. The van der Waals surface area contributed by atoms with Gasteiger partial charge < -0.3 is 15.6 Å². The summed E-state index contributed by atoms with van der Waals surface area (Å²) < 4.78 is 42.6. The molecule has 0 fully saturated rings. The lowest BCUT2D eigenvalue weighted by molar-refractivity contribution is -0.189. The van der Waals surface area contributed by atoms with Gasteiger partial charge in [0.05, 0.1) is 10.0 Å². The van der Waals surface area contributed by atoms with E-state index in [1.165, 1.54) is 6.07 Å². The monoisotopic (exact) mass is 433 g/mol. The summed E-state index contributed by atoms with van der Waals surface area (Å²) in [5, 5.41) is 10.8. The number of fused-ring (bicyclic) bond motifs is 1. The van der Waals surface area contributed by atoms with Crippen molar-refractivity contribution in [2.24, 2.45) is 5.73 Å². The molecule has 0 heterocycles. The number of phenolic OH excluding ortho intramolecular Hbond substituents is 1. The van der Waals surface area contributed by atoms with Crippen molar-refractivity contribution in [3.05, 3.63) is 57.1 Å². The molecule has 4 nitrogen and oxygen atoms in total. The van der Waals surface area contributed by atoms with Crippen LogP contribution in [0.1, 0.15) is 29.0 Å². The molecular weight excluding hydrogens is 418 g/mol. The fraction of sp³-hybridized carbons (Fsp3) is 0.316. The number of halogens is 5. The van der Waals surface area contributed by atoms with Gasteiger partial charge in [-0.3, -0.25) is 0 Å². The molecule has 9 heteroatoms. The molecule has 3 N–H and O–H groups in total. The normalized spacial score (nSPS) is 19.2. The van der Waals surface area contributed by atoms with Crippen molar-refractivity contribution in [3.63, 3.8) is 0 Å². The number of esters is 1. The molecule has 1 aliphatic carbocycles. The van der Waals surface area contributed by atoms with Crippen molar-refractivity contribution in [2.75, 3.05) is 0 Å². The van der Waals surface area contributed by atoms with Crippen LogP contribution in [0.2, 0.25) is 10.0 Å². The molecule has 2 atom stereocenters. The molecule has 0 bridgehead atoms. The van der Waals surface area contributed by atoms with Gasteiger partial charge in [0, 0.05) is 17.5 Å². The predicted octanol–water partition coefficient (Wildman–Crippen LogP) is 4.77. The fourth-order valence-corrected chi connectivity index (χ4v) is 3.74. The topological polar surface area (TPSA) is 72.6 Å². The number of hydrogen-bond acceptors (Lipinski definition) is 4. The van der Waals surface area contributed by atoms with E-state index < -0.39 is 35.6 Å². The summed E-state index contributed by atoms with van der Waals surface area (Å²) in [6, 6.07) is 7.40. The number of benzene rings is 2. The maximum atomic E-state index is 12.7. The second kappa shape index (κ2) is 7.81. The Kier molecular flexibility index (Phi) is 5.79. The largest absolute Gasteiger partial charge is 0.504 e. The third-order valence-electron chi connectivity index (χ3n) is 4.77. The van der Waals surface area contributed by atoms with Gasteiger partial charge in [0.25, 0.3) is 0 Å².